The maximum Gasteiger partial charge on any atom is 0.133 e. The Kier molecular flexibility index (Phi) is 3.17. The lowest BCUT2D eigenvalue weighted by Gasteiger charge is -2.48. The number of carbonyl (C=O) groups excluding carboxylic acids is 1. The van der Waals surface area contributed by atoms with Crippen LogP contribution in [0, 0.1) is 0 Å². The van der Waals surface area contributed by atoms with Crippen molar-refractivity contribution < 1.29 is 9.63 Å². The van der Waals surface area contributed by atoms with Crippen molar-refractivity contribution in [2.75, 3.05) is 18.8 Å². The number of anilines is 1. The van der Waals surface area contributed by atoms with Gasteiger partial charge in [0.15, 0.2) is 0 Å². The van der Waals surface area contributed by atoms with E-state index in [9.17, 15) is 4.79 Å². The number of nitrogen functional groups attached to an aromatic ring is 1. The van der Waals surface area contributed by atoms with E-state index in [-0.39, 0.29) is 5.60 Å². The van der Waals surface area contributed by atoms with E-state index in [1.807, 2.05) is 50.1 Å². The van der Waals surface area contributed by atoms with Crippen molar-refractivity contribution in [2.24, 2.45) is 0 Å². The third-order valence-corrected chi connectivity index (χ3v) is 3.04. The van der Waals surface area contributed by atoms with Gasteiger partial charge in [-0.25, -0.2) is 0 Å². The van der Waals surface area contributed by atoms with Crippen LogP contribution in [-0.2, 0) is 15.0 Å². The van der Waals surface area contributed by atoms with Crippen LogP contribution >= 0.6 is 0 Å². The van der Waals surface area contributed by atoms with Gasteiger partial charge in [-0.2, -0.15) is 5.06 Å². The summed E-state index contributed by atoms with van der Waals surface area (Å²) in [6.07, 6.45) is 0.987. The van der Waals surface area contributed by atoms with Gasteiger partial charge in [0.2, 0.25) is 0 Å². The number of aldehydes is 1. The number of benzene rings is 1. The van der Waals surface area contributed by atoms with Gasteiger partial charge in [-0.3, -0.25) is 4.84 Å². The van der Waals surface area contributed by atoms with Gasteiger partial charge in [-0.1, -0.05) is 18.2 Å². The zero-order chi connectivity index (χ0) is 13.4. The van der Waals surface area contributed by atoms with Crippen LogP contribution in [0.15, 0.2) is 24.3 Å². The van der Waals surface area contributed by atoms with Crippen molar-refractivity contribution in [3.8, 4) is 0 Å². The van der Waals surface area contributed by atoms with Crippen molar-refractivity contribution in [3.05, 3.63) is 29.8 Å². The zero-order valence-electron chi connectivity index (χ0n) is 11.1. The third kappa shape index (κ3) is 2.40. The molecule has 98 valence electrons. The Bertz CT molecular complexity index is 445. The van der Waals surface area contributed by atoms with Gasteiger partial charge in [0.05, 0.1) is 11.0 Å². The van der Waals surface area contributed by atoms with Gasteiger partial charge in [-0.05, 0) is 32.4 Å². The molecule has 0 aromatic heterocycles. The van der Waals surface area contributed by atoms with Crippen molar-refractivity contribution in [2.45, 2.75) is 31.8 Å². The van der Waals surface area contributed by atoms with E-state index in [0.29, 0.717) is 18.8 Å². The monoisotopic (exact) mass is 248 g/mol. The molecule has 0 bridgehead atoms. The van der Waals surface area contributed by atoms with Gasteiger partial charge >= 0.3 is 0 Å². The highest BCUT2D eigenvalue weighted by Crippen LogP contribution is 2.37. The van der Waals surface area contributed by atoms with Crippen LogP contribution in [0.1, 0.15) is 26.3 Å². The fourth-order valence-corrected chi connectivity index (χ4v) is 2.29. The Morgan fingerprint density at radius 2 is 1.94 bits per heavy atom. The van der Waals surface area contributed by atoms with Crippen molar-refractivity contribution in [1.82, 2.24) is 5.06 Å². The quantitative estimate of drug-likeness (QED) is 0.654. The van der Waals surface area contributed by atoms with Gasteiger partial charge in [-0.15, -0.1) is 0 Å². The van der Waals surface area contributed by atoms with Crippen LogP contribution < -0.4 is 5.73 Å². The lowest BCUT2D eigenvalue weighted by atomic mass is 9.75. The second kappa shape index (κ2) is 4.37. The largest absolute Gasteiger partial charge is 0.398 e. The number of nitrogens with two attached hydrogens (primary N) is 1. The normalized spacial score (nSPS) is 19.3. The lowest BCUT2D eigenvalue weighted by molar-refractivity contribution is -0.276. The molecule has 0 aliphatic carbocycles. The molecule has 4 heteroatoms. The Balaban J connectivity index is 2.13. The summed E-state index contributed by atoms with van der Waals surface area (Å²) in [5.74, 6) is 0. The minimum atomic E-state index is -0.517. The molecule has 1 saturated heterocycles. The first kappa shape index (κ1) is 13.1. The van der Waals surface area contributed by atoms with Crippen molar-refractivity contribution in [1.29, 1.82) is 0 Å². The highest BCUT2D eigenvalue weighted by molar-refractivity contribution is 5.75. The van der Waals surface area contributed by atoms with E-state index in [0.717, 1.165) is 11.8 Å². The number of hydroxylamine groups is 2. The van der Waals surface area contributed by atoms with Gasteiger partial charge in [0.1, 0.15) is 6.29 Å². The molecule has 18 heavy (non-hydrogen) atoms. The smallest absolute Gasteiger partial charge is 0.133 e. The molecule has 1 fully saturated rings. The SMILES string of the molecule is CC(C)(C)ON1CC(C=O)(c2ccccc2N)C1. The molecule has 0 atom stereocenters. The molecule has 0 radical (unpaired) electrons. The van der Waals surface area contributed by atoms with E-state index in [1.54, 1.807) is 0 Å². The summed E-state index contributed by atoms with van der Waals surface area (Å²) < 4.78 is 0. The molecule has 1 aromatic rings. The van der Waals surface area contributed by atoms with E-state index in [4.69, 9.17) is 10.6 Å². The first-order chi connectivity index (χ1) is 8.36. The van der Waals surface area contributed by atoms with Gasteiger partial charge in [0.25, 0.3) is 0 Å². The summed E-state index contributed by atoms with van der Waals surface area (Å²) >= 11 is 0. The average molecular weight is 248 g/mol. The second-order valence-electron chi connectivity index (χ2n) is 5.86. The first-order valence-corrected chi connectivity index (χ1v) is 6.12. The number of carbonyl (C=O) groups is 1. The van der Waals surface area contributed by atoms with Crippen LogP contribution in [0.25, 0.3) is 0 Å². The molecule has 1 aliphatic rings. The predicted octanol–water partition coefficient (Wildman–Crippen LogP) is 1.75. The zero-order valence-corrected chi connectivity index (χ0v) is 11.1. The summed E-state index contributed by atoms with van der Waals surface area (Å²) in [5.41, 5.74) is 6.75. The molecule has 0 amide bonds. The Morgan fingerprint density at radius 1 is 1.33 bits per heavy atom. The number of rotatable bonds is 3. The molecular formula is C14H20N2O2. The van der Waals surface area contributed by atoms with Crippen LogP contribution in [0.2, 0.25) is 0 Å². The number of nitrogens with zero attached hydrogens (tertiary/aromatic N) is 1. The molecule has 1 aromatic carbocycles. The maximum atomic E-state index is 11.4. The van der Waals surface area contributed by atoms with Crippen molar-refractivity contribution >= 4 is 12.0 Å². The highest BCUT2D eigenvalue weighted by Gasteiger charge is 2.47. The Labute approximate surface area is 108 Å². The fourth-order valence-electron chi connectivity index (χ4n) is 2.29. The van der Waals surface area contributed by atoms with Crippen LogP contribution in [0.3, 0.4) is 0 Å². The number of hydrogen-bond donors (Lipinski definition) is 1. The molecular weight excluding hydrogens is 228 g/mol. The Hall–Kier alpha value is -1.39. The lowest BCUT2D eigenvalue weighted by Crippen LogP contribution is -2.61. The number of hydrogen-bond acceptors (Lipinski definition) is 4. The first-order valence-electron chi connectivity index (χ1n) is 6.12. The molecule has 0 saturated carbocycles. The standard InChI is InChI=1S/C14H20N2O2/c1-13(2,3)18-16-8-14(9-16,10-17)11-6-4-5-7-12(11)15/h4-7,10H,8-9,15H2,1-3H3. The topological polar surface area (TPSA) is 55.6 Å². The average Bonchev–Trinajstić information content (AvgIpc) is 2.22. The minimum absolute atomic E-state index is 0.239. The van der Waals surface area contributed by atoms with Gasteiger partial charge < -0.3 is 10.5 Å². The highest BCUT2D eigenvalue weighted by atomic mass is 16.7. The van der Waals surface area contributed by atoms with E-state index < -0.39 is 5.41 Å². The molecule has 1 heterocycles. The summed E-state index contributed by atoms with van der Waals surface area (Å²) in [4.78, 5) is 17.2. The third-order valence-electron chi connectivity index (χ3n) is 3.04. The summed E-state index contributed by atoms with van der Waals surface area (Å²) in [6.45, 7) is 7.09. The summed E-state index contributed by atoms with van der Waals surface area (Å²) in [5, 5.41) is 1.82. The van der Waals surface area contributed by atoms with Crippen LogP contribution in [0.4, 0.5) is 5.69 Å². The molecule has 2 rings (SSSR count). The minimum Gasteiger partial charge on any atom is -0.398 e. The molecule has 1 aliphatic heterocycles. The maximum absolute atomic E-state index is 11.4. The molecule has 0 unspecified atom stereocenters. The van der Waals surface area contributed by atoms with Crippen molar-refractivity contribution in [3.63, 3.8) is 0 Å². The van der Waals surface area contributed by atoms with E-state index in [1.165, 1.54) is 0 Å². The molecule has 2 N–H and O–H groups in total. The van der Waals surface area contributed by atoms with Gasteiger partial charge in [0, 0.05) is 18.8 Å². The second-order valence-corrected chi connectivity index (χ2v) is 5.86. The predicted molar refractivity (Wildman–Crippen MR) is 71.0 cm³/mol. The van der Waals surface area contributed by atoms with E-state index >= 15 is 0 Å². The van der Waals surface area contributed by atoms with Crippen LogP contribution in [0.5, 0.6) is 0 Å². The van der Waals surface area contributed by atoms with Crippen LogP contribution in [-0.4, -0.2) is 30.0 Å². The summed E-state index contributed by atoms with van der Waals surface area (Å²) in [7, 11) is 0. The van der Waals surface area contributed by atoms with E-state index in [2.05, 4.69) is 0 Å². The molecule has 0 spiro atoms. The Morgan fingerprint density at radius 3 is 2.44 bits per heavy atom. The number of para-hydroxylation sites is 1. The molecule has 4 nitrogen and oxygen atoms in total. The fraction of sp³-hybridized carbons (Fsp3) is 0.500. The summed E-state index contributed by atoms with van der Waals surface area (Å²) in [6, 6.07) is 7.52.